The Balaban J connectivity index is 2.09. The van der Waals surface area contributed by atoms with Crippen LogP contribution in [0.5, 0.6) is 5.75 Å². The van der Waals surface area contributed by atoms with Crippen molar-refractivity contribution in [2.75, 3.05) is 20.8 Å². The van der Waals surface area contributed by atoms with Gasteiger partial charge in [0.15, 0.2) is 0 Å². The molecule has 0 saturated carbocycles. The first-order valence-electron chi connectivity index (χ1n) is 14.8. The van der Waals surface area contributed by atoms with Crippen LogP contribution in [-0.4, -0.2) is 70.8 Å². The van der Waals surface area contributed by atoms with Crippen LogP contribution in [0.1, 0.15) is 50.2 Å². The molecule has 4 aromatic rings. The van der Waals surface area contributed by atoms with Gasteiger partial charge in [-0.05, 0) is 76.6 Å². The van der Waals surface area contributed by atoms with Crippen LogP contribution >= 0.6 is 0 Å². The summed E-state index contributed by atoms with van der Waals surface area (Å²) in [4.78, 5) is 32.7. The van der Waals surface area contributed by atoms with Gasteiger partial charge in [-0.2, -0.15) is 5.26 Å². The van der Waals surface area contributed by atoms with Crippen molar-refractivity contribution in [1.82, 2.24) is 19.0 Å². The van der Waals surface area contributed by atoms with E-state index in [-0.39, 0.29) is 6.73 Å². The summed E-state index contributed by atoms with van der Waals surface area (Å²) in [6.07, 6.45) is -0.272. The van der Waals surface area contributed by atoms with E-state index in [1.165, 1.54) is 18.2 Å². The van der Waals surface area contributed by atoms with Crippen LogP contribution in [0, 0.1) is 18.3 Å². The molecular weight excluding hydrogens is 590 g/mol. The van der Waals surface area contributed by atoms with Gasteiger partial charge in [0.2, 0.25) is 0 Å². The number of nitrogens with zero attached hydrogens (tertiary/aromatic N) is 5. The Bertz CT molecular complexity index is 1810. The molecule has 1 amide bonds. The third-order valence-corrected chi connectivity index (χ3v) is 9.61. The predicted octanol–water partition coefficient (Wildman–Crippen LogP) is 7.15. The molecular formula is C33H43N5O6Si. The van der Waals surface area contributed by atoms with Crippen LogP contribution in [-0.2, 0) is 21.7 Å². The van der Waals surface area contributed by atoms with Crippen molar-refractivity contribution in [3.8, 4) is 11.8 Å². The van der Waals surface area contributed by atoms with Crippen molar-refractivity contribution in [3.05, 3.63) is 59.0 Å². The fourth-order valence-corrected chi connectivity index (χ4v) is 6.26. The highest BCUT2D eigenvalue weighted by Crippen LogP contribution is 2.46. The summed E-state index contributed by atoms with van der Waals surface area (Å²) in [5.41, 5.74) is 1.18. The maximum atomic E-state index is 13.9. The summed E-state index contributed by atoms with van der Waals surface area (Å²) >= 11 is 0. The van der Waals surface area contributed by atoms with E-state index in [0.717, 1.165) is 10.6 Å². The molecule has 12 heteroatoms. The van der Waals surface area contributed by atoms with Crippen molar-refractivity contribution in [1.29, 1.82) is 5.26 Å². The van der Waals surface area contributed by atoms with Crippen molar-refractivity contribution >= 4 is 42.2 Å². The van der Waals surface area contributed by atoms with Gasteiger partial charge in [0.25, 0.3) is 0 Å². The number of carbonyl (C=O) groups excluding carboxylic acids is 1. The number of methoxy groups -OCH3 is 1. The third-order valence-electron chi connectivity index (χ3n) is 7.90. The van der Waals surface area contributed by atoms with Crippen LogP contribution in [0.15, 0.2) is 36.5 Å². The van der Waals surface area contributed by atoms with E-state index in [2.05, 4.69) is 25.7 Å². The number of nitriles is 1. The van der Waals surface area contributed by atoms with E-state index in [1.807, 2.05) is 24.5 Å². The largest absolute Gasteiger partial charge is 0.496 e. The Morgan fingerprint density at radius 3 is 2.40 bits per heavy atom. The minimum absolute atomic E-state index is 0.132. The molecule has 1 N–H and O–H groups in total. The second-order valence-electron chi connectivity index (χ2n) is 13.6. The summed E-state index contributed by atoms with van der Waals surface area (Å²) in [5, 5.41) is 20.2. The number of hydrogen-bond acceptors (Lipinski definition) is 7. The highest BCUT2D eigenvalue weighted by molar-refractivity contribution is 6.76. The lowest BCUT2D eigenvalue weighted by Crippen LogP contribution is -2.49. The van der Waals surface area contributed by atoms with Gasteiger partial charge in [-0.1, -0.05) is 19.6 Å². The first-order valence-corrected chi connectivity index (χ1v) is 18.5. The summed E-state index contributed by atoms with van der Waals surface area (Å²) in [6, 6.07) is 11.9. The van der Waals surface area contributed by atoms with Gasteiger partial charge in [-0.15, -0.1) is 0 Å². The fraction of sp³-hybridized carbons (Fsp3) is 0.455. The molecule has 0 saturated heterocycles. The molecule has 2 aromatic heterocycles. The number of aryl methyl sites for hydroxylation is 1. The molecule has 4 rings (SSSR count). The number of carboxylic acid groups (broad SMARTS) is 1. The van der Waals surface area contributed by atoms with Gasteiger partial charge in [-0.25, -0.2) is 14.6 Å². The number of fused-ring (bicyclic) bond motifs is 2. The van der Waals surface area contributed by atoms with E-state index < -0.39 is 31.4 Å². The van der Waals surface area contributed by atoms with E-state index in [1.54, 1.807) is 52.1 Å². The van der Waals surface area contributed by atoms with Gasteiger partial charge in [-0.3, -0.25) is 9.47 Å². The minimum Gasteiger partial charge on any atom is -0.496 e. The number of carbonyl (C=O) groups is 2. The Labute approximate surface area is 264 Å². The number of amides is 1. The van der Waals surface area contributed by atoms with Gasteiger partial charge in [0.1, 0.15) is 29.4 Å². The molecule has 0 aliphatic carbocycles. The van der Waals surface area contributed by atoms with Crippen LogP contribution < -0.4 is 4.74 Å². The Hall–Kier alpha value is -4.34. The number of rotatable bonds is 9. The summed E-state index contributed by atoms with van der Waals surface area (Å²) in [6.45, 7) is 16.5. The molecule has 0 spiro atoms. The first-order chi connectivity index (χ1) is 20.9. The van der Waals surface area contributed by atoms with Crippen molar-refractivity contribution in [3.63, 3.8) is 0 Å². The Morgan fingerprint density at radius 2 is 1.82 bits per heavy atom. The van der Waals surface area contributed by atoms with Gasteiger partial charge < -0.3 is 23.9 Å². The smallest absolute Gasteiger partial charge is 0.416 e. The van der Waals surface area contributed by atoms with Crippen LogP contribution in [0.25, 0.3) is 21.9 Å². The maximum Gasteiger partial charge on any atom is 0.416 e. The third kappa shape index (κ3) is 6.55. The average molecular weight is 634 g/mol. The summed E-state index contributed by atoms with van der Waals surface area (Å²) in [7, 11) is 1.78. The molecule has 0 fully saturated rings. The zero-order valence-corrected chi connectivity index (χ0v) is 28.8. The number of ether oxygens (including phenoxy) is 3. The van der Waals surface area contributed by atoms with Crippen molar-refractivity contribution in [2.24, 2.45) is 0 Å². The van der Waals surface area contributed by atoms with E-state index >= 15 is 0 Å². The summed E-state index contributed by atoms with van der Waals surface area (Å²) in [5.74, 6) is 0.873. The quantitative estimate of drug-likeness (QED) is 0.152. The van der Waals surface area contributed by atoms with Crippen molar-refractivity contribution < 1.29 is 28.9 Å². The second kappa shape index (κ2) is 12.2. The van der Waals surface area contributed by atoms with Gasteiger partial charge in [0, 0.05) is 38.9 Å². The molecule has 1 atom stereocenters. The molecule has 0 bridgehead atoms. The second-order valence-corrected chi connectivity index (χ2v) is 19.3. The average Bonchev–Trinajstić information content (AvgIpc) is 3.55. The molecule has 240 valence electrons. The maximum absolute atomic E-state index is 13.9. The zero-order valence-electron chi connectivity index (χ0n) is 27.8. The Morgan fingerprint density at radius 1 is 1.13 bits per heavy atom. The SMILES string of the molecule is COc1cc(C)c2c(ccn2C(=O)O)c1C(C)(c1nc2cc(C#N)ccc2n1COCC[Si](C)(C)C)N(C)C(=O)OC(C)(C)C. The van der Waals surface area contributed by atoms with Gasteiger partial charge >= 0.3 is 12.2 Å². The molecule has 0 radical (unpaired) electrons. The molecule has 45 heavy (non-hydrogen) atoms. The minimum atomic E-state index is -1.39. The van der Waals surface area contributed by atoms with Crippen LogP contribution in [0.2, 0.25) is 25.7 Å². The lowest BCUT2D eigenvalue weighted by Gasteiger charge is -2.40. The lowest BCUT2D eigenvalue weighted by molar-refractivity contribution is 0.0101. The number of imidazole rings is 1. The number of benzene rings is 2. The molecule has 0 aliphatic rings. The number of hydrogen-bond donors (Lipinski definition) is 1. The highest BCUT2D eigenvalue weighted by Gasteiger charge is 2.46. The van der Waals surface area contributed by atoms with Crippen LogP contribution in [0.4, 0.5) is 9.59 Å². The van der Waals surface area contributed by atoms with E-state index in [9.17, 15) is 20.0 Å². The highest BCUT2D eigenvalue weighted by atomic mass is 28.3. The van der Waals surface area contributed by atoms with Crippen molar-refractivity contribution in [2.45, 2.75) is 78.2 Å². The lowest BCUT2D eigenvalue weighted by atomic mass is 9.85. The normalized spacial score (nSPS) is 13.4. The predicted molar refractivity (Wildman–Crippen MR) is 176 cm³/mol. The molecule has 2 heterocycles. The zero-order chi connectivity index (χ0) is 33.5. The standard InChI is InChI=1S/C33H43N5O6Si/c1-21-17-26(42-7)27(23-13-14-37(28(21)23)30(39)40)33(5,36(6)31(41)44-32(2,3)4)29-35-24-18-22(19-34)11-12-25(24)38(29)20-43-15-16-45(8,9)10/h11-14,17-18H,15-16,20H2,1-10H3,(H,39,40). The van der Waals surface area contributed by atoms with E-state index in [0.29, 0.717) is 56.8 Å². The first kappa shape index (κ1) is 33.5. The number of aromatic nitrogens is 3. The fourth-order valence-electron chi connectivity index (χ4n) is 5.51. The van der Waals surface area contributed by atoms with Gasteiger partial charge in [0.05, 0.1) is 35.3 Å². The molecule has 11 nitrogen and oxygen atoms in total. The topological polar surface area (TPSA) is 132 Å². The molecule has 1 unspecified atom stereocenters. The van der Waals surface area contributed by atoms with Crippen LogP contribution in [0.3, 0.4) is 0 Å². The molecule has 0 aliphatic heterocycles. The molecule has 2 aromatic carbocycles. The Kier molecular flexibility index (Phi) is 9.11. The summed E-state index contributed by atoms with van der Waals surface area (Å²) < 4.78 is 21.1. The van der Waals surface area contributed by atoms with E-state index in [4.69, 9.17) is 19.2 Å². The monoisotopic (exact) mass is 633 g/mol.